The third kappa shape index (κ3) is 9.15. The number of benzene rings is 4. The minimum Gasteiger partial charge on any atom is -0.354 e. The first-order chi connectivity index (χ1) is 21.4. The van der Waals surface area contributed by atoms with E-state index in [2.05, 4.69) is 5.32 Å². The molecule has 45 heavy (non-hydrogen) atoms. The Kier molecular flexibility index (Phi) is 11.4. The second-order valence-electron chi connectivity index (χ2n) is 11.3. The first-order valence-corrected chi connectivity index (χ1v) is 16.5. The molecule has 2 amide bonds. The number of rotatable bonds is 13. The maximum atomic E-state index is 14.4. The molecule has 236 valence electrons. The van der Waals surface area contributed by atoms with Gasteiger partial charge in [0.2, 0.25) is 11.8 Å². The molecule has 0 aromatic heterocycles. The Bertz CT molecular complexity index is 1680. The molecule has 0 bridgehead atoms. The van der Waals surface area contributed by atoms with Crippen molar-refractivity contribution in [2.24, 2.45) is 5.92 Å². The van der Waals surface area contributed by atoms with Crippen LogP contribution in [0.3, 0.4) is 0 Å². The second-order valence-corrected chi connectivity index (χ2v) is 13.6. The number of nitrogens with one attached hydrogen (secondary N) is 1. The van der Waals surface area contributed by atoms with Crippen molar-refractivity contribution in [1.29, 1.82) is 0 Å². The smallest absolute Gasteiger partial charge is 0.264 e. The summed E-state index contributed by atoms with van der Waals surface area (Å²) in [6, 6.07) is 26.5. The average Bonchev–Trinajstić information content (AvgIpc) is 3.02. The van der Waals surface area contributed by atoms with E-state index in [9.17, 15) is 22.4 Å². The number of carbonyl (C=O) groups is 2. The topological polar surface area (TPSA) is 86.8 Å². The standard InChI is InChI=1S/C35H37ClFN3O4S/c1-25(2)22-38-35(42)33(21-27-7-5-4-6-8-27)39(23-28-11-15-30(37)16-12-28)34(41)24-40(31-17-9-26(3)10-18-31)45(43,44)32-19-13-29(36)14-20-32/h4-20,25,33H,21-24H2,1-3H3,(H,38,42). The first-order valence-electron chi connectivity index (χ1n) is 14.6. The van der Waals surface area contributed by atoms with Crippen LogP contribution < -0.4 is 9.62 Å². The van der Waals surface area contributed by atoms with E-state index in [0.717, 1.165) is 15.4 Å². The molecule has 0 aliphatic carbocycles. The fourth-order valence-corrected chi connectivity index (χ4v) is 6.28. The van der Waals surface area contributed by atoms with Gasteiger partial charge in [-0.2, -0.15) is 0 Å². The highest BCUT2D eigenvalue weighted by Crippen LogP contribution is 2.26. The van der Waals surface area contributed by atoms with Crippen LogP contribution in [-0.2, 0) is 32.6 Å². The molecule has 4 aromatic carbocycles. The maximum Gasteiger partial charge on any atom is 0.264 e. The summed E-state index contributed by atoms with van der Waals surface area (Å²) < 4.78 is 42.9. The molecular formula is C35H37ClFN3O4S. The molecule has 1 atom stereocenters. The van der Waals surface area contributed by atoms with E-state index in [1.807, 2.05) is 51.1 Å². The molecule has 0 saturated carbocycles. The van der Waals surface area contributed by atoms with Crippen molar-refractivity contribution >= 4 is 39.1 Å². The summed E-state index contributed by atoms with van der Waals surface area (Å²) >= 11 is 6.03. The van der Waals surface area contributed by atoms with Gasteiger partial charge in [0, 0.05) is 24.5 Å². The molecule has 0 heterocycles. The van der Waals surface area contributed by atoms with Crippen molar-refractivity contribution in [1.82, 2.24) is 10.2 Å². The number of amides is 2. The number of nitrogens with zero attached hydrogens (tertiary/aromatic N) is 2. The molecule has 0 saturated heterocycles. The Morgan fingerprint density at radius 1 is 0.844 bits per heavy atom. The zero-order valence-electron chi connectivity index (χ0n) is 25.5. The first kappa shape index (κ1) is 33.7. The summed E-state index contributed by atoms with van der Waals surface area (Å²) in [6.07, 6.45) is 0.187. The average molecular weight is 650 g/mol. The van der Waals surface area contributed by atoms with Gasteiger partial charge >= 0.3 is 0 Å². The summed E-state index contributed by atoms with van der Waals surface area (Å²) in [5, 5.41) is 3.32. The molecule has 1 N–H and O–H groups in total. The van der Waals surface area contributed by atoms with Gasteiger partial charge in [-0.15, -0.1) is 0 Å². The summed E-state index contributed by atoms with van der Waals surface area (Å²) in [5.74, 6) is -1.25. The largest absolute Gasteiger partial charge is 0.354 e. The molecule has 4 aromatic rings. The number of hydrogen-bond donors (Lipinski definition) is 1. The van der Waals surface area contributed by atoms with Crippen molar-refractivity contribution in [2.75, 3.05) is 17.4 Å². The van der Waals surface area contributed by atoms with Gasteiger partial charge in [-0.05, 0) is 72.5 Å². The Labute approximate surface area is 269 Å². The maximum absolute atomic E-state index is 14.4. The molecular weight excluding hydrogens is 613 g/mol. The van der Waals surface area contributed by atoms with Gasteiger partial charge in [-0.1, -0.05) is 85.6 Å². The van der Waals surface area contributed by atoms with Crippen LogP contribution in [0.25, 0.3) is 0 Å². The molecule has 0 aliphatic rings. The van der Waals surface area contributed by atoms with Gasteiger partial charge in [-0.25, -0.2) is 12.8 Å². The van der Waals surface area contributed by atoms with Crippen molar-refractivity contribution in [3.63, 3.8) is 0 Å². The number of anilines is 1. The lowest BCUT2D eigenvalue weighted by Crippen LogP contribution is -2.53. The van der Waals surface area contributed by atoms with E-state index >= 15 is 0 Å². The summed E-state index contributed by atoms with van der Waals surface area (Å²) in [5.41, 5.74) is 2.61. The van der Waals surface area contributed by atoms with Crippen LogP contribution in [0.1, 0.15) is 30.5 Å². The minimum absolute atomic E-state index is 0.0409. The lowest BCUT2D eigenvalue weighted by molar-refractivity contribution is -0.140. The predicted octanol–water partition coefficient (Wildman–Crippen LogP) is 6.40. The Morgan fingerprint density at radius 2 is 1.47 bits per heavy atom. The number of hydrogen-bond acceptors (Lipinski definition) is 4. The highest BCUT2D eigenvalue weighted by Gasteiger charge is 2.34. The van der Waals surface area contributed by atoms with Crippen molar-refractivity contribution in [2.45, 2.75) is 44.7 Å². The molecule has 0 aliphatic heterocycles. The fraction of sp³-hybridized carbons (Fsp3) is 0.257. The van der Waals surface area contributed by atoms with E-state index in [1.54, 1.807) is 36.4 Å². The van der Waals surface area contributed by atoms with Crippen LogP contribution in [0, 0.1) is 18.7 Å². The highest BCUT2D eigenvalue weighted by molar-refractivity contribution is 7.92. The summed E-state index contributed by atoms with van der Waals surface area (Å²) in [4.78, 5) is 29.5. The predicted molar refractivity (Wildman–Crippen MR) is 176 cm³/mol. The third-order valence-corrected chi connectivity index (χ3v) is 9.26. The van der Waals surface area contributed by atoms with E-state index in [0.29, 0.717) is 17.1 Å². The van der Waals surface area contributed by atoms with Crippen LogP contribution in [-0.4, -0.2) is 44.3 Å². The number of sulfonamides is 1. The van der Waals surface area contributed by atoms with E-state index < -0.39 is 34.3 Å². The molecule has 7 nitrogen and oxygen atoms in total. The molecule has 10 heteroatoms. The lowest BCUT2D eigenvalue weighted by Gasteiger charge is -2.34. The summed E-state index contributed by atoms with van der Waals surface area (Å²) in [6.45, 7) is 5.57. The van der Waals surface area contributed by atoms with E-state index in [-0.39, 0.29) is 35.4 Å². The Balaban J connectivity index is 1.79. The number of aryl methyl sites for hydroxylation is 1. The van der Waals surface area contributed by atoms with Crippen LogP contribution in [0.15, 0.2) is 108 Å². The molecule has 4 rings (SSSR count). The van der Waals surface area contributed by atoms with Crippen molar-refractivity contribution in [3.8, 4) is 0 Å². The molecule has 0 radical (unpaired) electrons. The van der Waals surface area contributed by atoms with Gasteiger partial charge in [-0.3, -0.25) is 13.9 Å². The van der Waals surface area contributed by atoms with Crippen LogP contribution >= 0.6 is 11.6 Å². The highest BCUT2D eigenvalue weighted by atomic mass is 35.5. The SMILES string of the molecule is Cc1ccc(N(CC(=O)N(Cc2ccc(F)cc2)C(Cc2ccccc2)C(=O)NCC(C)C)S(=O)(=O)c2ccc(Cl)cc2)cc1. The Hall–Kier alpha value is -4.21. The molecule has 0 fully saturated rings. The molecule has 0 spiro atoms. The van der Waals surface area contributed by atoms with Gasteiger partial charge in [0.05, 0.1) is 10.6 Å². The zero-order valence-corrected chi connectivity index (χ0v) is 27.1. The lowest BCUT2D eigenvalue weighted by atomic mass is 10.0. The Morgan fingerprint density at radius 3 is 2.07 bits per heavy atom. The minimum atomic E-state index is -4.24. The van der Waals surface area contributed by atoms with Crippen molar-refractivity contribution < 1.29 is 22.4 Å². The quantitative estimate of drug-likeness (QED) is 0.182. The summed E-state index contributed by atoms with van der Waals surface area (Å²) in [7, 11) is -4.24. The van der Waals surface area contributed by atoms with Gasteiger partial charge in [0.25, 0.3) is 10.0 Å². The monoisotopic (exact) mass is 649 g/mol. The second kappa shape index (κ2) is 15.2. The van der Waals surface area contributed by atoms with Crippen LogP contribution in [0.4, 0.5) is 10.1 Å². The van der Waals surface area contributed by atoms with Gasteiger partial charge < -0.3 is 10.2 Å². The van der Waals surface area contributed by atoms with Crippen molar-refractivity contribution in [3.05, 3.63) is 131 Å². The zero-order chi connectivity index (χ0) is 32.6. The molecule has 1 unspecified atom stereocenters. The number of halogens is 2. The van der Waals surface area contributed by atoms with E-state index in [1.165, 1.54) is 41.3 Å². The van der Waals surface area contributed by atoms with E-state index in [4.69, 9.17) is 11.6 Å². The van der Waals surface area contributed by atoms with Crippen LogP contribution in [0.2, 0.25) is 5.02 Å². The van der Waals surface area contributed by atoms with Gasteiger partial charge in [0.1, 0.15) is 18.4 Å². The fourth-order valence-electron chi connectivity index (χ4n) is 4.74. The number of carbonyl (C=O) groups excluding carboxylic acids is 2. The third-order valence-electron chi connectivity index (χ3n) is 7.22. The van der Waals surface area contributed by atoms with Crippen LogP contribution in [0.5, 0.6) is 0 Å². The van der Waals surface area contributed by atoms with Gasteiger partial charge in [0.15, 0.2) is 0 Å². The normalized spacial score (nSPS) is 12.0.